The molecule has 0 aromatic heterocycles. The van der Waals surface area contributed by atoms with Crippen LogP contribution < -0.4 is 24.8 Å². The Bertz CT molecular complexity index is 867. The molecule has 2 aromatic carbocycles. The molecule has 1 saturated carbocycles. The highest BCUT2D eigenvalue weighted by Gasteiger charge is 2.48. The van der Waals surface area contributed by atoms with Crippen molar-refractivity contribution >= 4 is 23.2 Å². The number of methoxy groups -OCH3 is 1. The summed E-state index contributed by atoms with van der Waals surface area (Å²) in [6, 6.07) is 12.3. The minimum atomic E-state index is -0.328. The van der Waals surface area contributed by atoms with Gasteiger partial charge in [-0.3, -0.25) is 9.59 Å². The zero-order valence-corrected chi connectivity index (χ0v) is 14.2. The van der Waals surface area contributed by atoms with Gasteiger partial charge in [0.2, 0.25) is 18.6 Å². The van der Waals surface area contributed by atoms with Gasteiger partial charge in [0, 0.05) is 23.5 Å². The number of rotatable bonds is 5. The standard InChI is InChI=1S/C19H18N2O5/c1-24-13-4-2-3-11(7-13)20-18(22)14-9-15(14)19(23)21-12-5-6-16-17(8-12)26-10-25-16/h2-8,14-15H,9-10H2,1H3,(H,20,22)(H,21,23). The predicted molar refractivity (Wildman–Crippen MR) is 94.4 cm³/mol. The molecule has 7 heteroatoms. The van der Waals surface area contributed by atoms with Crippen molar-refractivity contribution in [2.45, 2.75) is 6.42 Å². The van der Waals surface area contributed by atoms with E-state index >= 15 is 0 Å². The minimum absolute atomic E-state index is 0.163. The van der Waals surface area contributed by atoms with Crippen LogP contribution in [-0.4, -0.2) is 25.7 Å². The summed E-state index contributed by atoms with van der Waals surface area (Å²) < 4.78 is 15.7. The number of hydrogen-bond donors (Lipinski definition) is 2. The molecular formula is C19H18N2O5. The Balaban J connectivity index is 1.34. The molecule has 1 aliphatic carbocycles. The van der Waals surface area contributed by atoms with Gasteiger partial charge in [0.1, 0.15) is 5.75 Å². The number of anilines is 2. The van der Waals surface area contributed by atoms with E-state index in [1.54, 1.807) is 49.6 Å². The molecule has 0 bridgehead atoms. The average molecular weight is 354 g/mol. The summed E-state index contributed by atoms with van der Waals surface area (Å²) in [5.74, 6) is 0.937. The third kappa shape index (κ3) is 3.28. The van der Waals surface area contributed by atoms with E-state index < -0.39 is 0 Å². The fourth-order valence-corrected chi connectivity index (χ4v) is 2.92. The van der Waals surface area contributed by atoms with E-state index in [1.165, 1.54) is 0 Å². The molecule has 2 aliphatic rings. The number of carbonyl (C=O) groups is 2. The second-order valence-electron chi connectivity index (χ2n) is 6.23. The second-order valence-corrected chi connectivity index (χ2v) is 6.23. The van der Waals surface area contributed by atoms with Crippen molar-refractivity contribution in [3.8, 4) is 17.2 Å². The number of fused-ring (bicyclic) bond motifs is 1. The number of amides is 2. The Morgan fingerprint density at radius 3 is 2.38 bits per heavy atom. The first-order valence-electron chi connectivity index (χ1n) is 8.29. The number of nitrogens with one attached hydrogen (secondary N) is 2. The molecule has 2 aromatic rings. The van der Waals surface area contributed by atoms with Gasteiger partial charge >= 0.3 is 0 Å². The molecule has 0 spiro atoms. The Hall–Kier alpha value is -3.22. The van der Waals surface area contributed by atoms with Crippen molar-refractivity contribution < 1.29 is 23.8 Å². The van der Waals surface area contributed by atoms with E-state index in [9.17, 15) is 9.59 Å². The van der Waals surface area contributed by atoms with Gasteiger partial charge in [0.05, 0.1) is 18.9 Å². The first-order valence-corrected chi connectivity index (χ1v) is 8.29. The van der Waals surface area contributed by atoms with Gasteiger partial charge in [-0.2, -0.15) is 0 Å². The zero-order valence-electron chi connectivity index (χ0n) is 14.2. The third-order valence-corrected chi connectivity index (χ3v) is 4.44. The minimum Gasteiger partial charge on any atom is -0.497 e. The molecule has 134 valence electrons. The van der Waals surface area contributed by atoms with Crippen LogP contribution >= 0.6 is 0 Å². The van der Waals surface area contributed by atoms with Crippen LogP contribution in [0, 0.1) is 11.8 Å². The monoisotopic (exact) mass is 354 g/mol. The Morgan fingerprint density at radius 2 is 1.65 bits per heavy atom. The van der Waals surface area contributed by atoms with Gasteiger partial charge in [-0.05, 0) is 30.7 Å². The van der Waals surface area contributed by atoms with Crippen LogP contribution in [0.15, 0.2) is 42.5 Å². The number of ether oxygens (including phenoxy) is 3. The zero-order chi connectivity index (χ0) is 18.1. The maximum absolute atomic E-state index is 12.4. The highest BCUT2D eigenvalue weighted by atomic mass is 16.7. The molecule has 2 unspecified atom stereocenters. The number of carbonyl (C=O) groups excluding carboxylic acids is 2. The van der Waals surface area contributed by atoms with Crippen molar-refractivity contribution in [2.24, 2.45) is 11.8 Å². The van der Waals surface area contributed by atoms with E-state index in [-0.39, 0.29) is 30.4 Å². The largest absolute Gasteiger partial charge is 0.497 e. The highest BCUT2D eigenvalue weighted by Crippen LogP contribution is 2.41. The maximum atomic E-state index is 12.4. The summed E-state index contributed by atoms with van der Waals surface area (Å²) in [4.78, 5) is 24.7. The maximum Gasteiger partial charge on any atom is 0.231 e. The summed E-state index contributed by atoms with van der Waals surface area (Å²) in [6.07, 6.45) is 0.534. The Labute approximate surface area is 150 Å². The van der Waals surface area contributed by atoms with Gasteiger partial charge in [-0.15, -0.1) is 0 Å². The Morgan fingerprint density at radius 1 is 0.962 bits per heavy atom. The lowest BCUT2D eigenvalue weighted by Gasteiger charge is -2.08. The van der Waals surface area contributed by atoms with Crippen molar-refractivity contribution in [2.75, 3.05) is 24.5 Å². The lowest BCUT2D eigenvalue weighted by atomic mass is 10.2. The van der Waals surface area contributed by atoms with Crippen molar-refractivity contribution in [3.05, 3.63) is 42.5 Å². The number of benzene rings is 2. The van der Waals surface area contributed by atoms with Crippen LogP contribution in [0.3, 0.4) is 0 Å². The molecule has 4 rings (SSSR count). The molecule has 26 heavy (non-hydrogen) atoms. The molecule has 2 atom stereocenters. The second kappa shape index (κ2) is 6.59. The van der Waals surface area contributed by atoms with Crippen LogP contribution in [0.25, 0.3) is 0 Å². The smallest absolute Gasteiger partial charge is 0.231 e. The van der Waals surface area contributed by atoms with Crippen LogP contribution in [0.1, 0.15) is 6.42 Å². The van der Waals surface area contributed by atoms with Gasteiger partial charge in [0.15, 0.2) is 11.5 Å². The van der Waals surface area contributed by atoms with E-state index in [2.05, 4.69) is 10.6 Å². The van der Waals surface area contributed by atoms with E-state index in [0.717, 1.165) is 0 Å². The summed E-state index contributed by atoms with van der Waals surface area (Å²) in [6.45, 7) is 0.182. The van der Waals surface area contributed by atoms with Gasteiger partial charge in [-0.1, -0.05) is 6.07 Å². The van der Waals surface area contributed by atoms with Crippen molar-refractivity contribution in [3.63, 3.8) is 0 Å². The average Bonchev–Trinajstić information content (AvgIpc) is 3.33. The van der Waals surface area contributed by atoms with Gasteiger partial charge in [-0.25, -0.2) is 0 Å². The molecule has 1 fully saturated rings. The first-order chi connectivity index (χ1) is 12.6. The molecular weight excluding hydrogens is 336 g/mol. The van der Waals surface area contributed by atoms with Crippen LogP contribution in [0.5, 0.6) is 17.2 Å². The lowest BCUT2D eigenvalue weighted by molar-refractivity contribution is -0.122. The quantitative estimate of drug-likeness (QED) is 0.862. The molecule has 1 aliphatic heterocycles. The fourth-order valence-electron chi connectivity index (χ4n) is 2.92. The van der Waals surface area contributed by atoms with Gasteiger partial charge in [0.25, 0.3) is 0 Å². The Kier molecular flexibility index (Phi) is 4.12. The lowest BCUT2D eigenvalue weighted by Crippen LogP contribution is -2.20. The molecule has 0 saturated heterocycles. The topological polar surface area (TPSA) is 85.9 Å². The van der Waals surface area contributed by atoms with Gasteiger partial charge < -0.3 is 24.8 Å². The van der Waals surface area contributed by atoms with Crippen LogP contribution in [0.4, 0.5) is 11.4 Å². The highest BCUT2D eigenvalue weighted by molar-refractivity contribution is 6.03. The summed E-state index contributed by atoms with van der Waals surface area (Å²) in [5.41, 5.74) is 1.27. The van der Waals surface area contributed by atoms with Crippen LogP contribution in [0.2, 0.25) is 0 Å². The summed E-state index contributed by atoms with van der Waals surface area (Å²) in [7, 11) is 1.57. The van der Waals surface area contributed by atoms with E-state index in [4.69, 9.17) is 14.2 Å². The first kappa shape index (κ1) is 16.3. The molecule has 1 heterocycles. The SMILES string of the molecule is COc1cccc(NC(=O)C2CC2C(=O)Nc2ccc3c(c2)OCO3)c1. The molecule has 7 nitrogen and oxygen atoms in total. The number of hydrogen-bond acceptors (Lipinski definition) is 5. The van der Waals surface area contributed by atoms with E-state index in [1.807, 2.05) is 0 Å². The summed E-state index contributed by atoms with van der Waals surface area (Å²) in [5, 5.41) is 5.65. The molecule has 2 N–H and O–H groups in total. The van der Waals surface area contributed by atoms with Crippen molar-refractivity contribution in [1.29, 1.82) is 0 Å². The van der Waals surface area contributed by atoms with Crippen molar-refractivity contribution in [1.82, 2.24) is 0 Å². The molecule has 0 radical (unpaired) electrons. The summed E-state index contributed by atoms with van der Waals surface area (Å²) >= 11 is 0. The fraction of sp³-hybridized carbons (Fsp3) is 0.263. The molecule has 2 amide bonds. The predicted octanol–water partition coefficient (Wildman–Crippen LogP) is 2.64. The normalized spacial score (nSPS) is 19.6. The van der Waals surface area contributed by atoms with E-state index in [0.29, 0.717) is 35.0 Å². The van der Waals surface area contributed by atoms with Crippen LogP contribution in [-0.2, 0) is 9.59 Å². The third-order valence-electron chi connectivity index (χ3n) is 4.44.